The highest BCUT2D eigenvalue weighted by Gasteiger charge is 2.13. The van der Waals surface area contributed by atoms with Crippen molar-refractivity contribution < 1.29 is 9.53 Å². The van der Waals surface area contributed by atoms with Crippen LogP contribution in [0.2, 0.25) is 10.0 Å². The summed E-state index contributed by atoms with van der Waals surface area (Å²) in [6, 6.07) is 10.4. The van der Waals surface area contributed by atoms with Crippen molar-refractivity contribution in [2.75, 3.05) is 24.7 Å². The molecule has 4 aromatic rings. The summed E-state index contributed by atoms with van der Waals surface area (Å²) in [5.74, 6) is 0.183. The Morgan fingerprint density at radius 2 is 2.03 bits per heavy atom. The van der Waals surface area contributed by atoms with Crippen LogP contribution in [0.25, 0.3) is 16.9 Å². The third kappa shape index (κ3) is 4.58. The Labute approximate surface area is 193 Å². The molecule has 0 saturated carbocycles. The van der Waals surface area contributed by atoms with Gasteiger partial charge in [0.25, 0.3) is 0 Å². The first kappa shape index (κ1) is 21.8. The second-order valence-corrected chi connectivity index (χ2v) is 7.72. The van der Waals surface area contributed by atoms with Crippen LogP contribution in [0, 0.1) is 0 Å². The first-order valence-electron chi connectivity index (χ1n) is 9.70. The largest absolute Gasteiger partial charge is 0.465 e. The van der Waals surface area contributed by atoms with Gasteiger partial charge < -0.3 is 15.8 Å². The van der Waals surface area contributed by atoms with Gasteiger partial charge in [0, 0.05) is 28.9 Å². The molecular weight excluding hydrogens is 453 g/mol. The second-order valence-electron chi connectivity index (χ2n) is 6.88. The molecule has 3 aromatic heterocycles. The highest BCUT2D eigenvalue weighted by Crippen LogP contribution is 2.30. The SMILES string of the molecule is COC(=O)c1ccc(CCCNc2nc(-c3ccc(Cl)cc3Cl)cc3ncnn23)nc1N. The van der Waals surface area contributed by atoms with Crippen LogP contribution < -0.4 is 11.1 Å². The van der Waals surface area contributed by atoms with Gasteiger partial charge in [0.2, 0.25) is 5.95 Å². The molecule has 0 aliphatic heterocycles. The van der Waals surface area contributed by atoms with Crippen LogP contribution in [0.15, 0.2) is 42.7 Å². The topological polar surface area (TPSA) is 120 Å². The number of aryl methyl sites for hydroxylation is 1. The van der Waals surface area contributed by atoms with E-state index in [9.17, 15) is 4.79 Å². The first-order chi connectivity index (χ1) is 15.5. The van der Waals surface area contributed by atoms with Gasteiger partial charge in [-0.15, -0.1) is 0 Å². The molecule has 0 bridgehead atoms. The standard InChI is InChI=1S/C21H19Cl2N7O2/c1-32-20(31)15-7-5-13(28-19(15)24)3-2-8-25-21-29-17(10-18-26-11-27-30(18)21)14-6-4-12(22)9-16(14)23/h4-7,9-11H,2-3,8H2,1H3,(H2,24,28)(H,25,29). The van der Waals surface area contributed by atoms with Crippen molar-refractivity contribution in [3.63, 3.8) is 0 Å². The Kier molecular flexibility index (Phi) is 6.38. The van der Waals surface area contributed by atoms with E-state index < -0.39 is 5.97 Å². The summed E-state index contributed by atoms with van der Waals surface area (Å²) in [7, 11) is 1.30. The summed E-state index contributed by atoms with van der Waals surface area (Å²) < 4.78 is 6.30. The Hall–Kier alpha value is -3.43. The Bertz CT molecular complexity index is 1290. The lowest BCUT2D eigenvalue weighted by Gasteiger charge is -2.11. The lowest BCUT2D eigenvalue weighted by atomic mass is 10.1. The van der Waals surface area contributed by atoms with Crippen molar-refractivity contribution in [3.8, 4) is 11.3 Å². The van der Waals surface area contributed by atoms with E-state index in [1.54, 1.807) is 28.8 Å². The number of methoxy groups -OCH3 is 1. The molecule has 32 heavy (non-hydrogen) atoms. The maximum Gasteiger partial charge on any atom is 0.341 e. The quantitative estimate of drug-likeness (QED) is 0.307. The highest BCUT2D eigenvalue weighted by molar-refractivity contribution is 6.36. The second kappa shape index (κ2) is 9.37. The van der Waals surface area contributed by atoms with Crippen molar-refractivity contribution in [2.45, 2.75) is 12.8 Å². The van der Waals surface area contributed by atoms with Crippen LogP contribution in [0.1, 0.15) is 22.5 Å². The number of nitrogens with one attached hydrogen (secondary N) is 1. The molecule has 0 fully saturated rings. The summed E-state index contributed by atoms with van der Waals surface area (Å²) in [4.78, 5) is 24.8. The molecule has 3 N–H and O–H groups in total. The summed E-state index contributed by atoms with van der Waals surface area (Å²) in [5.41, 5.74) is 8.93. The smallest absolute Gasteiger partial charge is 0.341 e. The number of carbonyl (C=O) groups is 1. The number of halogens is 2. The molecule has 0 aliphatic rings. The molecule has 0 saturated heterocycles. The Morgan fingerprint density at radius 1 is 1.19 bits per heavy atom. The van der Waals surface area contributed by atoms with Crippen molar-refractivity contribution in [2.24, 2.45) is 0 Å². The monoisotopic (exact) mass is 471 g/mol. The van der Waals surface area contributed by atoms with Gasteiger partial charge in [0.1, 0.15) is 17.7 Å². The minimum Gasteiger partial charge on any atom is -0.465 e. The average molecular weight is 472 g/mol. The third-order valence-corrected chi connectivity index (χ3v) is 5.30. The van der Waals surface area contributed by atoms with Crippen molar-refractivity contribution in [1.82, 2.24) is 24.6 Å². The number of nitrogens with zero attached hydrogens (tertiary/aromatic N) is 5. The summed E-state index contributed by atoms with van der Waals surface area (Å²) >= 11 is 12.4. The zero-order valence-electron chi connectivity index (χ0n) is 17.0. The average Bonchev–Trinajstić information content (AvgIpc) is 3.25. The number of fused-ring (bicyclic) bond motifs is 1. The predicted molar refractivity (Wildman–Crippen MR) is 123 cm³/mol. The minimum absolute atomic E-state index is 0.154. The van der Waals surface area contributed by atoms with Crippen molar-refractivity contribution in [3.05, 3.63) is 64.0 Å². The fourth-order valence-corrected chi connectivity index (χ4v) is 3.69. The zero-order chi connectivity index (χ0) is 22.7. The Morgan fingerprint density at radius 3 is 2.78 bits per heavy atom. The molecule has 0 amide bonds. The molecule has 0 spiro atoms. The number of nitrogens with two attached hydrogens (primary N) is 1. The summed E-state index contributed by atoms with van der Waals surface area (Å²) in [5, 5.41) is 8.56. The minimum atomic E-state index is -0.508. The number of hydrogen-bond acceptors (Lipinski definition) is 8. The van der Waals surface area contributed by atoms with Gasteiger partial charge in [-0.25, -0.2) is 19.7 Å². The molecule has 9 nitrogen and oxygen atoms in total. The van der Waals surface area contributed by atoms with E-state index in [-0.39, 0.29) is 11.4 Å². The van der Waals surface area contributed by atoms with Crippen LogP contribution in [-0.2, 0) is 11.2 Å². The molecule has 11 heteroatoms. The van der Waals surface area contributed by atoms with Gasteiger partial charge in [-0.2, -0.15) is 9.61 Å². The Balaban J connectivity index is 1.47. The number of hydrogen-bond donors (Lipinski definition) is 2. The molecule has 0 atom stereocenters. The highest BCUT2D eigenvalue weighted by atomic mass is 35.5. The summed E-state index contributed by atoms with van der Waals surface area (Å²) in [6.07, 6.45) is 2.86. The van der Waals surface area contributed by atoms with Crippen molar-refractivity contribution in [1.29, 1.82) is 0 Å². The lowest BCUT2D eigenvalue weighted by molar-refractivity contribution is 0.0601. The zero-order valence-corrected chi connectivity index (χ0v) is 18.6. The number of benzene rings is 1. The number of aromatic nitrogens is 5. The molecule has 0 aliphatic carbocycles. The van der Waals surface area contributed by atoms with E-state index >= 15 is 0 Å². The van der Waals surface area contributed by atoms with Gasteiger partial charge in [-0.3, -0.25) is 0 Å². The van der Waals surface area contributed by atoms with Gasteiger partial charge in [-0.05, 0) is 43.2 Å². The van der Waals surface area contributed by atoms with Crippen LogP contribution in [0.4, 0.5) is 11.8 Å². The number of nitrogen functional groups attached to an aromatic ring is 1. The fraction of sp³-hybridized carbons (Fsp3) is 0.190. The first-order valence-corrected chi connectivity index (χ1v) is 10.5. The van der Waals surface area contributed by atoms with E-state index in [2.05, 4.69) is 30.1 Å². The number of esters is 1. The van der Waals surface area contributed by atoms with Crippen LogP contribution in [0.3, 0.4) is 0 Å². The number of anilines is 2. The van der Waals surface area contributed by atoms with Gasteiger partial charge in [0.15, 0.2) is 5.65 Å². The fourth-order valence-electron chi connectivity index (χ4n) is 3.19. The van der Waals surface area contributed by atoms with Crippen LogP contribution in [0.5, 0.6) is 0 Å². The molecule has 4 rings (SSSR count). The van der Waals surface area contributed by atoms with E-state index in [1.807, 2.05) is 12.1 Å². The van der Waals surface area contributed by atoms with E-state index in [0.717, 1.165) is 17.7 Å². The molecule has 0 radical (unpaired) electrons. The number of carbonyl (C=O) groups excluding carboxylic acids is 1. The molecule has 3 heterocycles. The molecular formula is C21H19Cl2N7O2. The van der Waals surface area contributed by atoms with E-state index in [1.165, 1.54) is 13.4 Å². The summed E-state index contributed by atoms with van der Waals surface area (Å²) in [6.45, 7) is 0.597. The number of ether oxygens (including phenoxy) is 1. The number of rotatable bonds is 7. The third-order valence-electron chi connectivity index (χ3n) is 4.75. The van der Waals surface area contributed by atoms with Gasteiger partial charge in [0.05, 0.1) is 17.8 Å². The van der Waals surface area contributed by atoms with Crippen LogP contribution in [-0.4, -0.2) is 44.2 Å². The van der Waals surface area contributed by atoms with E-state index in [4.69, 9.17) is 28.9 Å². The lowest BCUT2D eigenvalue weighted by Crippen LogP contribution is -2.11. The molecule has 0 unspecified atom stereocenters. The predicted octanol–water partition coefficient (Wildman–Crippen LogP) is 3.91. The van der Waals surface area contributed by atoms with Gasteiger partial charge >= 0.3 is 5.97 Å². The molecule has 1 aromatic carbocycles. The van der Waals surface area contributed by atoms with Crippen molar-refractivity contribution >= 4 is 46.6 Å². The van der Waals surface area contributed by atoms with Crippen LogP contribution >= 0.6 is 23.2 Å². The maximum absolute atomic E-state index is 11.6. The van der Waals surface area contributed by atoms with E-state index in [0.29, 0.717) is 40.3 Å². The van der Waals surface area contributed by atoms with Gasteiger partial charge in [-0.1, -0.05) is 23.2 Å². The number of pyridine rings is 1. The maximum atomic E-state index is 11.6. The normalized spacial score (nSPS) is 11.0. The molecule has 164 valence electrons.